The van der Waals surface area contributed by atoms with E-state index in [1.165, 1.54) is 64.2 Å². The first-order valence-electron chi connectivity index (χ1n) is 8.83. The summed E-state index contributed by atoms with van der Waals surface area (Å²) in [6.07, 6.45) is 18.3. The molecular weight excluding hydrogens is 262 g/mol. The monoisotopic (exact) mass is 295 g/mol. The fourth-order valence-corrected chi connectivity index (χ4v) is 2.48. The van der Waals surface area contributed by atoms with Crippen LogP contribution < -0.4 is 0 Å². The van der Waals surface area contributed by atoms with Gasteiger partial charge in [-0.3, -0.25) is 0 Å². The summed E-state index contributed by atoms with van der Waals surface area (Å²) in [7, 11) is 0. The second-order valence-electron chi connectivity index (χ2n) is 5.85. The van der Waals surface area contributed by atoms with Gasteiger partial charge in [0.2, 0.25) is 0 Å². The van der Waals surface area contributed by atoms with E-state index < -0.39 is 0 Å². The molecule has 0 spiro atoms. The minimum absolute atomic E-state index is 0.843. The molecule has 0 saturated carbocycles. The normalized spacial score (nSPS) is 11.1. The Morgan fingerprint density at radius 2 is 1.24 bits per heavy atom. The van der Waals surface area contributed by atoms with Crippen LogP contribution >= 0.6 is 0 Å². The van der Waals surface area contributed by atoms with Crippen LogP contribution in [0.1, 0.15) is 77.6 Å². The number of hydrogen-bond donors (Lipinski definition) is 0. The lowest BCUT2D eigenvalue weighted by Gasteiger charge is -2.05. The largest absolute Gasteiger partial charge is 0.381 e. The third-order valence-electron chi connectivity index (χ3n) is 3.81. The van der Waals surface area contributed by atoms with Gasteiger partial charge in [0.1, 0.15) is 12.7 Å². The van der Waals surface area contributed by atoms with Crippen molar-refractivity contribution in [3.8, 4) is 0 Å². The molecule has 1 aromatic heterocycles. The molecule has 0 aliphatic carbocycles. The highest BCUT2D eigenvalue weighted by Crippen LogP contribution is 2.10. The molecule has 0 radical (unpaired) electrons. The smallest absolute Gasteiger partial charge is 0.119 e. The molecule has 0 amide bonds. The van der Waals surface area contributed by atoms with Gasteiger partial charge in [0.05, 0.1) is 0 Å². The van der Waals surface area contributed by atoms with Gasteiger partial charge in [0.25, 0.3) is 0 Å². The highest BCUT2D eigenvalue weighted by atomic mass is 16.5. The zero-order valence-electron chi connectivity index (χ0n) is 13.8. The molecule has 1 rings (SSSR count). The summed E-state index contributed by atoms with van der Waals surface area (Å²) in [6.45, 7) is 4.98. The van der Waals surface area contributed by atoms with Gasteiger partial charge < -0.3 is 9.30 Å². The standard InChI is InChI=1S/C17H33N3O/c1-2-3-4-5-6-7-8-9-10-11-14-21-15-12-13-20-16-18-19-17-20/h16-17H,2-15H2,1H3. The maximum absolute atomic E-state index is 5.65. The Kier molecular flexibility index (Phi) is 12.1. The van der Waals surface area contributed by atoms with Crippen molar-refractivity contribution in [3.05, 3.63) is 12.7 Å². The highest BCUT2D eigenvalue weighted by molar-refractivity contribution is 4.59. The highest BCUT2D eigenvalue weighted by Gasteiger charge is 1.94. The quantitative estimate of drug-likeness (QED) is 0.444. The lowest BCUT2D eigenvalue weighted by atomic mass is 10.1. The minimum atomic E-state index is 0.843. The summed E-state index contributed by atoms with van der Waals surface area (Å²) in [5.41, 5.74) is 0. The van der Waals surface area contributed by atoms with Crippen LogP contribution in [-0.4, -0.2) is 28.0 Å². The van der Waals surface area contributed by atoms with Crippen LogP contribution in [0, 0.1) is 0 Å². The molecule has 4 nitrogen and oxygen atoms in total. The Labute approximate surface area is 130 Å². The SMILES string of the molecule is CCCCCCCCCCCCOCCCn1cnnc1. The second-order valence-corrected chi connectivity index (χ2v) is 5.85. The molecule has 0 atom stereocenters. The van der Waals surface area contributed by atoms with E-state index >= 15 is 0 Å². The first-order valence-corrected chi connectivity index (χ1v) is 8.83. The Hall–Kier alpha value is -0.900. The fraction of sp³-hybridized carbons (Fsp3) is 0.882. The molecule has 0 aliphatic rings. The van der Waals surface area contributed by atoms with Crippen molar-refractivity contribution in [1.82, 2.24) is 14.8 Å². The van der Waals surface area contributed by atoms with Gasteiger partial charge in [-0.1, -0.05) is 64.7 Å². The van der Waals surface area contributed by atoms with E-state index in [1.807, 2.05) is 4.57 Å². The van der Waals surface area contributed by atoms with Crippen LogP contribution in [0.25, 0.3) is 0 Å². The molecule has 4 heteroatoms. The summed E-state index contributed by atoms with van der Waals surface area (Å²) in [4.78, 5) is 0. The van der Waals surface area contributed by atoms with Crippen LogP contribution in [0.5, 0.6) is 0 Å². The van der Waals surface area contributed by atoms with Gasteiger partial charge in [-0.15, -0.1) is 10.2 Å². The van der Waals surface area contributed by atoms with E-state index in [2.05, 4.69) is 17.1 Å². The molecule has 0 unspecified atom stereocenters. The van der Waals surface area contributed by atoms with E-state index in [0.29, 0.717) is 0 Å². The number of ether oxygens (including phenoxy) is 1. The summed E-state index contributed by atoms with van der Waals surface area (Å²) in [6, 6.07) is 0. The molecule has 1 aromatic rings. The first-order chi connectivity index (χ1) is 10.4. The van der Waals surface area contributed by atoms with Crippen LogP contribution in [-0.2, 0) is 11.3 Å². The molecule has 0 N–H and O–H groups in total. The number of aromatic nitrogens is 3. The number of nitrogens with zero attached hydrogens (tertiary/aromatic N) is 3. The summed E-state index contributed by atoms with van der Waals surface area (Å²) in [5, 5.41) is 7.56. The predicted octanol–water partition coefficient (Wildman–Crippen LogP) is 4.61. The van der Waals surface area contributed by atoms with Crippen molar-refractivity contribution < 1.29 is 4.74 Å². The summed E-state index contributed by atoms with van der Waals surface area (Å²) < 4.78 is 7.64. The molecule has 0 aliphatic heterocycles. The van der Waals surface area contributed by atoms with Crippen LogP contribution in [0.15, 0.2) is 12.7 Å². The van der Waals surface area contributed by atoms with Gasteiger partial charge in [0.15, 0.2) is 0 Å². The zero-order valence-corrected chi connectivity index (χ0v) is 13.8. The summed E-state index contributed by atoms with van der Waals surface area (Å²) in [5.74, 6) is 0. The van der Waals surface area contributed by atoms with Crippen molar-refractivity contribution in [2.75, 3.05) is 13.2 Å². The average molecular weight is 295 g/mol. The van der Waals surface area contributed by atoms with E-state index in [0.717, 1.165) is 26.2 Å². The number of aryl methyl sites for hydroxylation is 1. The maximum atomic E-state index is 5.65. The third kappa shape index (κ3) is 11.4. The van der Waals surface area contributed by atoms with Gasteiger partial charge >= 0.3 is 0 Å². The van der Waals surface area contributed by atoms with Gasteiger partial charge in [-0.25, -0.2) is 0 Å². The molecule has 1 heterocycles. The van der Waals surface area contributed by atoms with Crippen molar-refractivity contribution in [2.24, 2.45) is 0 Å². The Morgan fingerprint density at radius 1 is 0.714 bits per heavy atom. The van der Waals surface area contributed by atoms with E-state index in [1.54, 1.807) is 12.7 Å². The Balaban J connectivity index is 1.69. The summed E-state index contributed by atoms with van der Waals surface area (Å²) >= 11 is 0. The topological polar surface area (TPSA) is 39.9 Å². The van der Waals surface area contributed by atoms with Gasteiger partial charge in [-0.2, -0.15) is 0 Å². The first kappa shape index (κ1) is 18.1. The van der Waals surface area contributed by atoms with Crippen molar-refractivity contribution >= 4 is 0 Å². The molecule has 0 fully saturated rings. The maximum Gasteiger partial charge on any atom is 0.119 e. The van der Waals surface area contributed by atoms with Gasteiger partial charge in [0, 0.05) is 19.8 Å². The molecule has 0 bridgehead atoms. The average Bonchev–Trinajstić information content (AvgIpc) is 3.01. The fourth-order valence-electron chi connectivity index (χ4n) is 2.48. The van der Waals surface area contributed by atoms with Gasteiger partial charge in [-0.05, 0) is 12.8 Å². The molecule has 0 saturated heterocycles. The molecule has 21 heavy (non-hydrogen) atoms. The predicted molar refractivity (Wildman–Crippen MR) is 87.3 cm³/mol. The van der Waals surface area contributed by atoms with Crippen LogP contribution in [0.2, 0.25) is 0 Å². The van der Waals surface area contributed by atoms with E-state index in [-0.39, 0.29) is 0 Å². The molecular formula is C17H33N3O. The van der Waals surface area contributed by atoms with Crippen molar-refractivity contribution in [2.45, 2.75) is 84.1 Å². The lowest BCUT2D eigenvalue weighted by Crippen LogP contribution is -2.02. The Morgan fingerprint density at radius 3 is 1.86 bits per heavy atom. The number of hydrogen-bond acceptors (Lipinski definition) is 3. The minimum Gasteiger partial charge on any atom is -0.381 e. The van der Waals surface area contributed by atoms with Crippen molar-refractivity contribution in [1.29, 1.82) is 0 Å². The Bertz CT molecular complexity index is 301. The number of unbranched alkanes of at least 4 members (excludes halogenated alkanes) is 9. The lowest BCUT2D eigenvalue weighted by molar-refractivity contribution is 0.124. The second kappa shape index (κ2) is 14.1. The van der Waals surface area contributed by atoms with E-state index in [4.69, 9.17) is 4.74 Å². The van der Waals surface area contributed by atoms with E-state index in [9.17, 15) is 0 Å². The van der Waals surface area contributed by atoms with Crippen LogP contribution in [0.4, 0.5) is 0 Å². The molecule has 122 valence electrons. The third-order valence-corrected chi connectivity index (χ3v) is 3.81. The van der Waals surface area contributed by atoms with Crippen LogP contribution in [0.3, 0.4) is 0 Å². The van der Waals surface area contributed by atoms with Crippen molar-refractivity contribution in [3.63, 3.8) is 0 Å². The molecule has 0 aromatic carbocycles. The zero-order chi connectivity index (χ0) is 15.0. The number of rotatable bonds is 15.